The third-order valence-electron chi connectivity index (χ3n) is 5.91. The number of aliphatic hydroxyl groups is 1. The van der Waals surface area contributed by atoms with Crippen LogP contribution in [0.1, 0.15) is 37.5 Å². The van der Waals surface area contributed by atoms with Crippen molar-refractivity contribution < 1.29 is 9.53 Å². The molecular weight excluding hydrogens is 302 g/mol. The maximum absolute atomic E-state index is 11.2. The summed E-state index contributed by atoms with van der Waals surface area (Å²) in [5.41, 5.74) is 4.08. The predicted octanol–water partition coefficient (Wildman–Crippen LogP) is 3.96. The molecule has 1 aromatic rings. The summed E-state index contributed by atoms with van der Waals surface area (Å²) >= 11 is 0. The molecule has 23 heavy (non-hydrogen) atoms. The molecule has 0 bridgehead atoms. The van der Waals surface area contributed by atoms with E-state index in [0.717, 1.165) is 12.1 Å². The summed E-state index contributed by atoms with van der Waals surface area (Å²) in [6, 6.07) is 4.46. The van der Waals surface area contributed by atoms with Crippen molar-refractivity contribution in [3.63, 3.8) is 0 Å². The van der Waals surface area contributed by atoms with Gasteiger partial charge in [-0.1, -0.05) is 39.0 Å². The monoisotopic (exact) mass is 331 g/mol. The second-order valence-electron chi connectivity index (χ2n) is 8.55. The van der Waals surface area contributed by atoms with Crippen LogP contribution in [0, 0.1) is 0 Å². The normalized spacial score (nSPS) is 23.3. The lowest BCUT2D eigenvalue weighted by molar-refractivity contribution is -0.000667. The molecule has 2 aliphatic rings. The van der Waals surface area contributed by atoms with Crippen LogP contribution in [0.25, 0.3) is 6.08 Å². The van der Waals surface area contributed by atoms with Gasteiger partial charge < -0.3 is 14.4 Å². The molecule has 126 valence electrons. The molecule has 1 unspecified atom stereocenters. The first-order chi connectivity index (χ1) is 10.5. The van der Waals surface area contributed by atoms with Crippen molar-refractivity contribution in [3.8, 4) is 0 Å². The van der Waals surface area contributed by atoms with E-state index in [1.807, 2.05) is 11.9 Å². The summed E-state index contributed by atoms with van der Waals surface area (Å²) in [6.45, 7) is 11.5. The Morgan fingerprint density at radius 2 is 1.96 bits per heavy atom. The summed E-state index contributed by atoms with van der Waals surface area (Å²) in [7, 11) is 0.110. The van der Waals surface area contributed by atoms with Crippen molar-refractivity contribution in [2.45, 2.75) is 57.5 Å². The summed E-state index contributed by atoms with van der Waals surface area (Å²) < 4.78 is 6.32. The number of rotatable bonds is 3. The predicted molar refractivity (Wildman–Crippen MR) is 99.4 cm³/mol. The maximum atomic E-state index is 11.2. The highest BCUT2D eigenvalue weighted by Gasteiger charge is 2.44. The SMILES string of the molecule is CN1c2cc3c(cc2CC1(O)CO[Si](C)(C)C(C)(C)C)CC=C3. The second-order valence-corrected chi connectivity index (χ2v) is 13.4. The molecule has 0 spiro atoms. The summed E-state index contributed by atoms with van der Waals surface area (Å²) in [5.74, 6) is 0. The zero-order valence-corrected chi connectivity index (χ0v) is 16.2. The minimum Gasteiger partial charge on any atom is -0.412 e. The smallest absolute Gasteiger partial charge is 0.192 e. The second kappa shape index (κ2) is 5.20. The standard InChI is InChI=1S/C19H29NO2Si/c1-18(2,3)23(5,6)22-13-19(21)12-16-10-14-8-7-9-15(14)11-17(16)20(19)4/h7,9-11,21H,8,12-13H2,1-6H3. The molecule has 1 aliphatic heterocycles. The Bertz CT molecular complexity index is 660. The molecule has 1 aromatic carbocycles. The maximum Gasteiger partial charge on any atom is 0.192 e. The lowest BCUT2D eigenvalue weighted by Gasteiger charge is -2.40. The van der Waals surface area contributed by atoms with Gasteiger partial charge in [0.1, 0.15) is 0 Å². The highest BCUT2D eigenvalue weighted by Crippen LogP contribution is 2.42. The Labute approximate surface area is 141 Å². The third kappa shape index (κ3) is 2.77. The van der Waals surface area contributed by atoms with Gasteiger partial charge in [-0.15, -0.1) is 0 Å². The summed E-state index contributed by atoms with van der Waals surface area (Å²) in [6.07, 6.45) is 6.02. The molecule has 3 nitrogen and oxygen atoms in total. The molecule has 3 rings (SSSR count). The fourth-order valence-corrected chi connectivity index (χ4v) is 4.13. The zero-order chi connectivity index (χ0) is 17.0. The number of hydrogen-bond donors (Lipinski definition) is 1. The number of nitrogens with zero attached hydrogens (tertiary/aromatic N) is 1. The quantitative estimate of drug-likeness (QED) is 0.851. The molecule has 4 heteroatoms. The minimum absolute atomic E-state index is 0.152. The van der Waals surface area contributed by atoms with Gasteiger partial charge in [0.05, 0.1) is 6.61 Å². The van der Waals surface area contributed by atoms with Crippen LogP contribution in [0.2, 0.25) is 18.1 Å². The fraction of sp³-hybridized carbons (Fsp3) is 0.579. The van der Waals surface area contributed by atoms with E-state index in [-0.39, 0.29) is 5.04 Å². The minimum atomic E-state index is -1.87. The molecule has 0 radical (unpaired) electrons. The topological polar surface area (TPSA) is 32.7 Å². The average molecular weight is 332 g/mol. The summed E-state index contributed by atoms with van der Waals surface area (Å²) in [5, 5.41) is 11.3. The van der Waals surface area contributed by atoms with Crippen LogP contribution in [-0.4, -0.2) is 32.8 Å². The van der Waals surface area contributed by atoms with Crippen LogP contribution in [0.4, 0.5) is 5.69 Å². The lowest BCUT2D eigenvalue weighted by Crippen LogP contribution is -2.52. The van der Waals surface area contributed by atoms with E-state index in [4.69, 9.17) is 4.43 Å². The van der Waals surface area contributed by atoms with Crippen molar-refractivity contribution in [1.82, 2.24) is 0 Å². The van der Waals surface area contributed by atoms with E-state index >= 15 is 0 Å². The van der Waals surface area contributed by atoms with Crippen molar-refractivity contribution in [2.24, 2.45) is 0 Å². The molecule has 0 fully saturated rings. The zero-order valence-electron chi connectivity index (χ0n) is 15.2. The first-order valence-corrected chi connectivity index (χ1v) is 11.4. The van der Waals surface area contributed by atoms with E-state index in [9.17, 15) is 5.11 Å². The molecule has 1 aliphatic carbocycles. The van der Waals surface area contributed by atoms with Gasteiger partial charge in [0.15, 0.2) is 14.0 Å². The Morgan fingerprint density at radius 3 is 2.61 bits per heavy atom. The fourth-order valence-electron chi connectivity index (χ4n) is 3.11. The molecular formula is C19H29NO2Si. The van der Waals surface area contributed by atoms with Crippen LogP contribution in [0.3, 0.4) is 0 Å². The number of hydrogen-bond acceptors (Lipinski definition) is 3. The van der Waals surface area contributed by atoms with Crippen LogP contribution in [0.5, 0.6) is 0 Å². The Morgan fingerprint density at radius 1 is 1.26 bits per heavy atom. The number of anilines is 1. The van der Waals surface area contributed by atoms with E-state index in [1.165, 1.54) is 16.7 Å². The van der Waals surface area contributed by atoms with E-state index in [2.05, 4.69) is 58.2 Å². The van der Waals surface area contributed by atoms with Gasteiger partial charge in [0, 0.05) is 19.2 Å². The molecule has 1 N–H and O–H groups in total. The number of likely N-dealkylation sites (N-methyl/N-ethyl adjacent to an activating group) is 1. The van der Waals surface area contributed by atoms with Crippen LogP contribution in [-0.2, 0) is 17.3 Å². The van der Waals surface area contributed by atoms with Crippen LogP contribution in [0.15, 0.2) is 18.2 Å². The lowest BCUT2D eigenvalue weighted by atomic mass is 10.0. The van der Waals surface area contributed by atoms with Crippen molar-refractivity contribution in [2.75, 3.05) is 18.6 Å². The molecule has 1 heterocycles. The molecule has 0 amide bonds. The highest BCUT2D eigenvalue weighted by molar-refractivity contribution is 6.74. The van der Waals surface area contributed by atoms with Gasteiger partial charge in [0.2, 0.25) is 0 Å². The van der Waals surface area contributed by atoms with Crippen LogP contribution < -0.4 is 4.90 Å². The van der Waals surface area contributed by atoms with Crippen molar-refractivity contribution in [3.05, 3.63) is 34.9 Å². The largest absolute Gasteiger partial charge is 0.412 e. The van der Waals surface area contributed by atoms with Crippen LogP contribution >= 0.6 is 0 Å². The summed E-state index contributed by atoms with van der Waals surface area (Å²) in [4.78, 5) is 2.00. The molecule has 1 atom stereocenters. The first kappa shape index (κ1) is 16.7. The van der Waals surface area contributed by atoms with Gasteiger partial charge in [-0.25, -0.2) is 0 Å². The average Bonchev–Trinajstić information content (AvgIpc) is 2.98. The Hall–Kier alpha value is -1.10. The first-order valence-electron chi connectivity index (χ1n) is 8.46. The third-order valence-corrected chi connectivity index (χ3v) is 10.4. The Balaban J connectivity index is 1.80. The molecule has 0 saturated carbocycles. The molecule has 0 aromatic heterocycles. The molecule has 0 saturated heterocycles. The van der Waals surface area contributed by atoms with Gasteiger partial charge in [-0.3, -0.25) is 0 Å². The van der Waals surface area contributed by atoms with Gasteiger partial charge >= 0.3 is 0 Å². The number of fused-ring (bicyclic) bond motifs is 2. The Kier molecular flexibility index (Phi) is 3.78. The highest BCUT2D eigenvalue weighted by atomic mass is 28.4. The van der Waals surface area contributed by atoms with Crippen molar-refractivity contribution in [1.29, 1.82) is 0 Å². The van der Waals surface area contributed by atoms with E-state index in [1.54, 1.807) is 0 Å². The van der Waals surface area contributed by atoms with E-state index < -0.39 is 14.0 Å². The van der Waals surface area contributed by atoms with Gasteiger partial charge in [0.25, 0.3) is 0 Å². The number of benzene rings is 1. The van der Waals surface area contributed by atoms with Gasteiger partial charge in [-0.2, -0.15) is 0 Å². The van der Waals surface area contributed by atoms with E-state index in [0.29, 0.717) is 13.0 Å². The van der Waals surface area contributed by atoms with Gasteiger partial charge in [-0.05, 0) is 47.3 Å². The number of allylic oxidation sites excluding steroid dienone is 1. The van der Waals surface area contributed by atoms with Crippen molar-refractivity contribution >= 4 is 20.1 Å².